The van der Waals surface area contributed by atoms with Crippen molar-refractivity contribution in [2.24, 2.45) is 0 Å². The second-order valence-electron chi connectivity index (χ2n) is 8.80. The standard InChI is InChI=1S/C12H10Si.2C11H11.2ClH.Ti/c1-3-7-11(8-4-1)13-12-9-5-2-6-10-12;2*1-2-9-7-10-5-3-4-6-11(10)8-9;;;/h1-10H;2*3-8H,2H2,1H3;2*1H;/q;2*-1;;;+2/p-2. The van der Waals surface area contributed by atoms with Crippen molar-refractivity contribution < 1.29 is 44.0 Å². The normalized spacial score (nSPS) is 9.79. The third-order valence-electron chi connectivity index (χ3n) is 6.30. The van der Waals surface area contributed by atoms with Crippen molar-refractivity contribution in [3.63, 3.8) is 0 Å². The van der Waals surface area contributed by atoms with Crippen LogP contribution in [0, 0.1) is 0 Å². The van der Waals surface area contributed by atoms with Crippen molar-refractivity contribution in [3.05, 3.63) is 145 Å². The zero-order chi connectivity index (χ0) is 25.2. The van der Waals surface area contributed by atoms with Crippen LogP contribution in [0.3, 0.4) is 0 Å². The van der Waals surface area contributed by atoms with Crippen molar-refractivity contribution >= 4 is 38.1 Å². The number of hydrogen-bond acceptors (Lipinski definition) is 0. The molecule has 0 amide bonds. The van der Waals surface area contributed by atoms with Gasteiger partial charge in [-0.3, -0.25) is 0 Å². The van der Waals surface area contributed by atoms with Crippen LogP contribution in [-0.4, -0.2) is 6.19 Å². The molecule has 0 aliphatic carbocycles. The Morgan fingerprint density at radius 2 is 0.868 bits per heavy atom. The van der Waals surface area contributed by atoms with Gasteiger partial charge >= 0.3 is 96.4 Å². The molecule has 0 spiro atoms. The second kappa shape index (κ2) is 16.5. The molecule has 6 aromatic carbocycles. The van der Waals surface area contributed by atoms with Gasteiger partial charge in [-0.1, -0.05) is 26.0 Å². The quantitative estimate of drug-likeness (QED) is 0.217. The van der Waals surface area contributed by atoms with Gasteiger partial charge in [0.2, 0.25) is 0 Å². The summed E-state index contributed by atoms with van der Waals surface area (Å²) in [4.78, 5) is 0. The van der Waals surface area contributed by atoms with E-state index in [2.05, 4.69) is 166 Å². The Morgan fingerprint density at radius 3 is 1.21 bits per heavy atom. The first kappa shape index (κ1) is 31.8. The summed E-state index contributed by atoms with van der Waals surface area (Å²) in [7, 11) is 0. The van der Waals surface area contributed by atoms with Gasteiger partial charge < -0.3 is 24.8 Å². The fourth-order valence-electron chi connectivity index (χ4n) is 4.21. The summed E-state index contributed by atoms with van der Waals surface area (Å²) < 4.78 is 0. The maximum absolute atomic E-state index is 2.34. The maximum atomic E-state index is 2.34. The summed E-state index contributed by atoms with van der Waals surface area (Å²) >= 11 is 2.34. The Morgan fingerprint density at radius 1 is 0.526 bits per heavy atom. The number of benzene rings is 4. The van der Waals surface area contributed by atoms with E-state index in [9.17, 15) is 0 Å². The number of halogens is 2. The van der Waals surface area contributed by atoms with E-state index in [1.807, 2.05) is 0 Å². The Labute approximate surface area is 251 Å². The fourth-order valence-corrected chi connectivity index (χ4v) is 7.16. The molecule has 4 heteroatoms. The summed E-state index contributed by atoms with van der Waals surface area (Å²) in [5.74, 6) is 0. The first-order chi connectivity index (χ1) is 17.7. The van der Waals surface area contributed by atoms with Crippen LogP contribution in [0.1, 0.15) is 25.0 Å². The van der Waals surface area contributed by atoms with Gasteiger partial charge in [-0.25, -0.2) is 0 Å². The zero-order valence-electron chi connectivity index (χ0n) is 21.9. The van der Waals surface area contributed by atoms with Gasteiger partial charge in [0.25, 0.3) is 0 Å². The predicted molar refractivity (Wildman–Crippen MR) is 156 cm³/mol. The van der Waals surface area contributed by atoms with Crippen molar-refractivity contribution in [1.29, 1.82) is 0 Å². The molecule has 0 radical (unpaired) electrons. The van der Waals surface area contributed by atoms with Crippen LogP contribution in [0.25, 0.3) is 21.5 Å². The SMILES string of the molecule is CCc1cc2ccccc2[cH-]1.CCc1cc2ccccc2[cH-]1.[Cl-].[Cl-].[Ti+2]=[Si](c1ccccc1)c1ccccc1. The molecule has 192 valence electrons. The predicted octanol–water partition coefficient (Wildman–Crippen LogP) is 1.59. The summed E-state index contributed by atoms with van der Waals surface area (Å²) in [5, 5.41) is 8.41. The summed E-state index contributed by atoms with van der Waals surface area (Å²) in [6, 6.07) is 47.5. The summed E-state index contributed by atoms with van der Waals surface area (Å²) in [6.07, 6.45) is 1.72. The van der Waals surface area contributed by atoms with Gasteiger partial charge in [-0.2, -0.15) is 12.1 Å². The molecular weight excluding hydrogens is 555 g/mol. The Bertz CT molecular complexity index is 1340. The van der Waals surface area contributed by atoms with E-state index in [0.717, 1.165) is 12.8 Å². The van der Waals surface area contributed by atoms with Gasteiger partial charge in [-0.15, -0.1) is 81.2 Å². The second-order valence-corrected chi connectivity index (χ2v) is 13.0. The molecule has 0 unspecified atom stereocenters. The van der Waals surface area contributed by atoms with Gasteiger partial charge in [0.1, 0.15) is 0 Å². The van der Waals surface area contributed by atoms with Crippen molar-refractivity contribution in [2.45, 2.75) is 26.7 Å². The van der Waals surface area contributed by atoms with Gasteiger partial charge in [0, 0.05) is 0 Å². The third-order valence-corrected chi connectivity index (χ3v) is 10.8. The zero-order valence-corrected chi connectivity index (χ0v) is 25.9. The molecule has 0 aromatic heterocycles. The van der Waals surface area contributed by atoms with E-state index in [0.29, 0.717) is 0 Å². The van der Waals surface area contributed by atoms with Crippen LogP contribution >= 0.6 is 0 Å². The molecule has 6 aromatic rings. The van der Waals surface area contributed by atoms with Crippen molar-refractivity contribution in [1.82, 2.24) is 0 Å². The van der Waals surface area contributed by atoms with E-state index in [-0.39, 0.29) is 24.8 Å². The summed E-state index contributed by atoms with van der Waals surface area (Å²) in [5.41, 5.74) is 2.87. The average molecular weight is 587 g/mol. The molecule has 0 atom stereocenters. The molecule has 0 N–H and O–H groups in total. The molecule has 0 fully saturated rings. The Balaban J connectivity index is 0.000000197. The van der Waals surface area contributed by atoms with Crippen LogP contribution in [-0.2, 0) is 32.0 Å². The molecule has 0 aliphatic rings. The molecule has 0 nitrogen and oxygen atoms in total. The molecule has 0 saturated heterocycles. The topological polar surface area (TPSA) is 0 Å². The van der Waals surface area contributed by atoms with Crippen LogP contribution in [0.15, 0.2) is 133 Å². The van der Waals surface area contributed by atoms with Crippen molar-refractivity contribution in [3.8, 4) is 0 Å². The number of hydrogen-bond donors (Lipinski definition) is 0. The molecule has 38 heavy (non-hydrogen) atoms. The number of rotatable bonds is 4. The van der Waals surface area contributed by atoms with E-state index >= 15 is 0 Å². The van der Waals surface area contributed by atoms with Gasteiger partial charge in [-0.05, 0) is 12.8 Å². The van der Waals surface area contributed by atoms with Gasteiger partial charge in [0.15, 0.2) is 0 Å². The molecular formula is C34H32Cl2SiTi-2. The molecule has 0 saturated carbocycles. The van der Waals surface area contributed by atoms with Crippen LogP contribution in [0.4, 0.5) is 0 Å². The first-order valence-electron chi connectivity index (χ1n) is 12.7. The van der Waals surface area contributed by atoms with Crippen molar-refractivity contribution in [2.75, 3.05) is 0 Å². The Kier molecular flexibility index (Phi) is 13.9. The number of aryl methyl sites for hydroxylation is 2. The van der Waals surface area contributed by atoms with Gasteiger partial charge in [0.05, 0.1) is 0 Å². The molecule has 0 aliphatic heterocycles. The van der Waals surface area contributed by atoms with E-state index in [4.69, 9.17) is 0 Å². The molecule has 0 heterocycles. The summed E-state index contributed by atoms with van der Waals surface area (Å²) in [6.45, 7) is 4.38. The van der Waals surface area contributed by atoms with Crippen LogP contribution in [0.5, 0.6) is 0 Å². The first-order valence-corrected chi connectivity index (χ1v) is 16.5. The van der Waals surface area contributed by atoms with Crippen LogP contribution < -0.4 is 35.2 Å². The van der Waals surface area contributed by atoms with E-state index in [1.165, 1.54) is 43.0 Å². The van der Waals surface area contributed by atoms with E-state index < -0.39 is 6.19 Å². The minimum absolute atomic E-state index is 0. The van der Waals surface area contributed by atoms with Crippen LogP contribution in [0.2, 0.25) is 0 Å². The average Bonchev–Trinajstić information content (AvgIpc) is 3.58. The third kappa shape index (κ3) is 8.83. The molecule has 6 rings (SSSR count). The minimum atomic E-state index is -0.545. The number of fused-ring (bicyclic) bond motifs is 2. The monoisotopic (exact) mass is 586 g/mol. The molecule has 0 bridgehead atoms. The van der Waals surface area contributed by atoms with E-state index in [1.54, 1.807) is 0 Å². The Hall–Kier alpha value is -2.39. The fraction of sp³-hybridized carbons (Fsp3) is 0.118.